The number of nitrogens with one attached hydrogen (secondary N) is 1. The third-order valence-electron chi connectivity index (χ3n) is 2.14. The lowest BCUT2D eigenvalue weighted by atomic mass is 10.2. The van der Waals surface area contributed by atoms with Gasteiger partial charge in [0, 0.05) is 13.2 Å². The molecule has 0 saturated carbocycles. The van der Waals surface area contributed by atoms with E-state index in [9.17, 15) is 4.79 Å². The minimum absolute atomic E-state index is 0.119. The van der Waals surface area contributed by atoms with Gasteiger partial charge < -0.3 is 14.8 Å². The molecule has 1 N–H and O–H groups in total. The minimum Gasteiger partial charge on any atom is -0.462 e. The fourth-order valence-corrected chi connectivity index (χ4v) is 2.32. The van der Waals surface area contributed by atoms with Crippen LogP contribution in [0.4, 0.5) is 5.00 Å². The van der Waals surface area contributed by atoms with Crippen molar-refractivity contribution in [2.75, 3.05) is 25.6 Å². The van der Waals surface area contributed by atoms with Gasteiger partial charge in [0.2, 0.25) is 0 Å². The Labute approximate surface area is 105 Å². The summed E-state index contributed by atoms with van der Waals surface area (Å²) in [7, 11) is 1.64. The Morgan fingerprint density at radius 2 is 2.29 bits per heavy atom. The van der Waals surface area contributed by atoms with Crippen LogP contribution in [0.5, 0.6) is 0 Å². The van der Waals surface area contributed by atoms with Crippen LogP contribution in [-0.4, -0.2) is 36.7 Å². The molecular formula is C11H18N2O3S. The van der Waals surface area contributed by atoms with Crippen LogP contribution in [-0.2, 0) is 9.47 Å². The number of nitrogens with zero attached hydrogens (tertiary/aromatic N) is 1. The van der Waals surface area contributed by atoms with E-state index in [0.717, 1.165) is 5.00 Å². The highest BCUT2D eigenvalue weighted by Gasteiger charge is 2.20. The zero-order valence-electron chi connectivity index (χ0n) is 10.6. The van der Waals surface area contributed by atoms with Gasteiger partial charge in [-0.25, -0.2) is 4.79 Å². The summed E-state index contributed by atoms with van der Waals surface area (Å²) >= 11 is 1.27. The molecule has 6 heteroatoms. The molecule has 0 aliphatic heterocycles. The molecule has 1 heterocycles. The van der Waals surface area contributed by atoms with Gasteiger partial charge in [-0.05, 0) is 32.3 Å². The van der Waals surface area contributed by atoms with Crippen LogP contribution < -0.4 is 5.32 Å². The van der Waals surface area contributed by atoms with E-state index in [2.05, 4.69) is 9.69 Å². The fourth-order valence-electron chi connectivity index (χ4n) is 1.43. The minimum atomic E-state index is -0.328. The molecule has 1 atom stereocenters. The molecule has 0 aliphatic rings. The number of hydrogen-bond acceptors (Lipinski definition) is 6. The van der Waals surface area contributed by atoms with Gasteiger partial charge in [-0.2, -0.15) is 4.37 Å². The van der Waals surface area contributed by atoms with Gasteiger partial charge >= 0.3 is 5.97 Å². The van der Waals surface area contributed by atoms with Crippen LogP contribution in [0.15, 0.2) is 0 Å². The standard InChI is InChI=1S/C11H18N2O3S/c1-5-16-11(14)9-8(3)13-17-10(9)12-7(2)6-15-4/h7,12H,5-6H2,1-4H3. The van der Waals surface area contributed by atoms with Crippen molar-refractivity contribution in [3.8, 4) is 0 Å². The molecule has 0 amide bonds. The van der Waals surface area contributed by atoms with E-state index in [-0.39, 0.29) is 12.0 Å². The van der Waals surface area contributed by atoms with Crippen LogP contribution in [0.2, 0.25) is 0 Å². The summed E-state index contributed by atoms with van der Waals surface area (Å²) in [6, 6.07) is 0.119. The monoisotopic (exact) mass is 258 g/mol. The average molecular weight is 258 g/mol. The number of esters is 1. The first kappa shape index (κ1) is 13.9. The zero-order valence-corrected chi connectivity index (χ0v) is 11.4. The Kier molecular flexibility index (Phi) is 5.37. The van der Waals surface area contributed by atoms with Crippen LogP contribution in [0.1, 0.15) is 29.9 Å². The number of methoxy groups -OCH3 is 1. The molecular weight excluding hydrogens is 240 g/mol. The quantitative estimate of drug-likeness (QED) is 0.792. The lowest BCUT2D eigenvalue weighted by Crippen LogP contribution is -2.21. The summed E-state index contributed by atoms with van der Waals surface area (Å²) in [4.78, 5) is 11.8. The molecule has 0 saturated heterocycles. The number of carbonyl (C=O) groups is 1. The van der Waals surface area contributed by atoms with E-state index < -0.39 is 0 Å². The van der Waals surface area contributed by atoms with Crippen molar-refractivity contribution in [2.24, 2.45) is 0 Å². The largest absolute Gasteiger partial charge is 0.462 e. The molecule has 0 radical (unpaired) electrons. The maximum absolute atomic E-state index is 11.8. The van der Waals surface area contributed by atoms with Crippen LogP contribution in [0.25, 0.3) is 0 Å². The summed E-state index contributed by atoms with van der Waals surface area (Å²) < 4.78 is 14.2. The topological polar surface area (TPSA) is 60.5 Å². The Hall–Kier alpha value is -1.14. The predicted octanol–water partition coefficient (Wildman–Crippen LogP) is 2.08. The lowest BCUT2D eigenvalue weighted by Gasteiger charge is -2.13. The maximum Gasteiger partial charge on any atom is 0.343 e. The van der Waals surface area contributed by atoms with Gasteiger partial charge in [-0.1, -0.05) is 0 Å². The molecule has 0 aliphatic carbocycles. The van der Waals surface area contributed by atoms with E-state index in [1.807, 2.05) is 6.92 Å². The van der Waals surface area contributed by atoms with Gasteiger partial charge in [0.15, 0.2) is 0 Å². The number of aromatic nitrogens is 1. The summed E-state index contributed by atoms with van der Waals surface area (Å²) in [6.07, 6.45) is 0. The second-order valence-corrected chi connectivity index (χ2v) is 4.47. The Morgan fingerprint density at radius 1 is 1.59 bits per heavy atom. The van der Waals surface area contributed by atoms with Crippen LogP contribution in [0, 0.1) is 6.92 Å². The first-order valence-electron chi connectivity index (χ1n) is 5.49. The second-order valence-electron chi connectivity index (χ2n) is 3.69. The lowest BCUT2D eigenvalue weighted by molar-refractivity contribution is 0.0527. The second kappa shape index (κ2) is 6.56. The number of rotatable bonds is 6. The van der Waals surface area contributed by atoms with Crippen molar-refractivity contribution in [3.63, 3.8) is 0 Å². The number of aryl methyl sites for hydroxylation is 1. The van der Waals surface area contributed by atoms with E-state index in [4.69, 9.17) is 9.47 Å². The number of anilines is 1. The fraction of sp³-hybridized carbons (Fsp3) is 0.636. The molecule has 0 spiro atoms. The number of hydrogen-bond donors (Lipinski definition) is 1. The average Bonchev–Trinajstić information content (AvgIpc) is 2.60. The smallest absolute Gasteiger partial charge is 0.343 e. The highest BCUT2D eigenvalue weighted by Crippen LogP contribution is 2.26. The highest BCUT2D eigenvalue weighted by molar-refractivity contribution is 7.10. The van der Waals surface area contributed by atoms with E-state index in [1.54, 1.807) is 21.0 Å². The van der Waals surface area contributed by atoms with Gasteiger partial charge in [0.1, 0.15) is 10.6 Å². The van der Waals surface area contributed by atoms with E-state index >= 15 is 0 Å². The highest BCUT2D eigenvalue weighted by atomic mass is 32.1. The molecule has 96 valence electrons. The first-order valence-corrected chi connectivity index (χ1v) is 6.26. The SMILES string of the molecule is CCOC(=O)c1c(C)nsc1NC(C)COC. The summed E-state index contributed by atoms with van der Waals surface area (Å²) in [5, 5.41) is 3.94. The van der Waals surface area contributed by atoms with Crippen molar-refractivity contribution in [2.45, 2.75) is 26.8 Å². The van der Waals surface area contributed by atoms with Crippen molar-refractivity contribution < 1.29 is 14.3 Å². The number of ether oxygens (including phenoxy) is 2. The van der Waals surface area contributed by atoms with Crippen molar-refractivity contribution in [3.05, 3.63) is 11.3 Å². The molecule has 5 nitrogen and oxygen atoms in total. The normalized spacial score (nSPS) is 12.2. The Balaban J connectivity index is 2.82. The van der Waals surface area contributed by atoms with Gasteiger partial charge in [0.05, 0.1) is 18.9 Å². The third-order valence-corrected chi connectivity index (χ3v) is 3.01. The van der Waals surface area contributed by atoms with Gasteiger partial charge in [-0.15, -0.1) is 0 Å². The maximum atomic E-state index is 11.8. The van der Waals surface area contributed by atoms with Gasteiger partial charge in [-0.3, -0.25) is 0 Å². The Morgan fingerprint density at radius 3 is 2.88 bits per heavy atom. The Bertz CT molecular complexity index is 379. The van der Waals surface area contributed by atoms with Gasteiger partial charge in [0.25, 0.3) is 0 Å². The summed E-state index contributed by atoms with van der Waals surface area (Å²) in [5.41, 5.74) is 1.22. The molecule has 1 unspecified atom stereocenters. The molecule has 17 heavy (non-hydrogen) atoms. The van der Waals surface area contributed by atoms with E-state index in [1.165, 1.54) is 11.5 Å². The van der Waals surface area contributed by atoms with Crippen LogP contribution >= 0.6 is 11.5 Å². The predicted molar refractivity (Wildman–Crippen MR) is 67.8 cm³/mol. The summed E-state index contributed by atoms with van der Waals surface area (Å²) in [6.45, 7) is 6.50. The van der Waals surface area contributed by atoms with Crippen LogP contribution in [0.3, 0.4) is 0 Å². The molecule has 0 bridgehead atoms. The molecule has 1 aromatic rings. The third kappa shape index (κ3) is 3.67. The molecule has 0 aromatic carbocycles. The van der Waals surface area contributed by atoms with Crippen molar-refractivity contribution in [1.82, 2.24) is 4.37 Å². The summed E-state index contributed by atoms with van der Waals surface area (Å²) in [5.74, 6) is -0.328. The first-order chi connectivity index (χ1) is 8.10. The molecule has 0 fully saturated rings. The molecule has 1 rings (SSSR count). The van der Waals surface area contributed by atoms with E-state index in [0.29, 0.717) is 24.5 Å². The van der Waals surface area contributed by atoms with Crippen molar-refractivity contribution in [1.29, 1.82) is 0 Å². The zero-order chi connectivity index (χ0) is 12.8. The van der Waals surface area contributed by atoms with Crippen molar-refractivity contribution >= 4 is 22.5 Å². The molecule has 1 aromatic heterocycles. The number of carbonyl (C=O) groups excluding carboxylic acids is 1.